The fourth-order valence-electron chi connectivity index (χ4n) is 4.08. The van der Waals surface area contributed by atoms with Crippen LogP contribution in [0.1, 0.15) is 19.6 Å². The average Bonchev–Trinajstić information content (AvgIpc) is 3.12. The van der Waals surface area contributed by atoms with Crippen LogP contribution < -0.4 is 21.4 Å². The molecule has 0 amide bonds. The van der Waals surface area contributed by atoms with Crippen molar-refractivity contribution in [2.24, 2.45) is 5.92 Å². The van der Waals surface area contributed by atoms with Crippen LogP contribution in [-0.4, -0.2) is 107 Å². The van der Waals surface area contributed by atoms with E-state index >= 15 is 0 Å². The highest BCUT2D eigenvalue weighted by atomic mass is 32.7. The first-order chi connectivity index (χ1) is 17.6. The van der Waals surface area contributed by atoms with Gasteiger partial charge in [-0.15, -0.1) is 0 Å². The second-order valence-electron chi connectivity index (χ2n) is 8.92. The number of aromatic nitrogens is 2. The second kappa shape index (κ2) is 11.8. The van der Waals surface area contributed by atoms with Crippen molar-refractivity contribution in [1.82, 2.24) is 9.55 Å². The lowest BCUT2D eigenvalue weighted by atomic mass is 9.85. The molecule has 0 saturated carbocycles. The Bertz CT molecular complexity index is 1110. The van der Waals surface area contributed by atoms with E-state index in [9.17, 15) is 49.7 Å². The summed E-state index contributed by atoms with van der Waals surface area (Å²) in [5.41, 5.74) is 4.49. The van der Waals surface area contributed by atoms with E-state index in [1.165, 1.54) is 13.0 Å². The van der Waals surface area contributed by atoms with Gasteiger partial charge in [-0.25, -0.2) is 4.79 Å². The maximum atomic E-state index is 12.7. The summed E-state index contributed by atoms with van der Waals surface area (Å²) in [6.07, 6.45) is -13.0. The molecule has 216 valence electrons. The Kier molecular flexibility index (Phi) is 9.61. The summed E-state index contributed by atoms with van der Waals surface area (Å²) < 4.78 is 29.1. The van der Waals surface area contributed by atoms with E-state index in [-0.39, 0.29) is 17.2 Å². The number of hydrogen-bond donors (Lipinski definition) is 7. The first-order valence-corrected chi connectivity index (χ1v) is 14.2. The lowest BCUT2D eigenvalue weighted by Gasteiger charge is -2.49. The zero-order chi connectivity index (χ0) is 28.6. The van der Waals surface area contributed by atoms with Crippen molar-refractivity contribution in [3.8, 4) is 0 Å². The highest BCUT2D eigenvalue weighted by molar-refractivity contribution is 8.55. The molecule has 8 N–H and O–H groups in total. The third kappa shape index (κ3) is 6.38. The van der Waals surface area contributed by atoms with Gasteiger partial charge >= 0.3 is 5.69 Å². The van der Waals surface area contributed by atoms with Crippen LogP contribution in [0.15, 0.2) is 17.1 Å². The van der Waals surface area contributed by atoms with E-state index in [0.717, 1.165) is 10.8 Å². The quantitative estimate of drug-likeness (QED) is 0.126. The Morgan fingerprint density at radius 2 is 2.05 bits per heavy atom. The molecule has 17 nitrogen and oxygen atoms in total. The molecular weight excluding hydrogens is 557 g/mol. The smallest absolute Gasteiger partial charge is 0.351 e. The number of nitrogen functional groups attached to an aromatic ring is 1. The van der Waals surface area contributed by atoms with Gasteiger partial charge in [0.25, 0.3) is 0 Å². The Morgan fingerprint density at radius 3 is 2.63 bits per heavy atom. The Labute approximate surface area is 218 Å². The van der Waals surface area contributed by atoms with Gasteiger partial charge in [0, 0.05) is 18.5 Å². The zero-order valence-corrected chi connectivity index (χ0v) is 21.5. The number of ether oxygens (including phenoxy) is 2. The summed E-state index contributed by atoms with van der Waals surface area (Å²) >= 11 is -0.389. The van der Waals surface area contributed by atoms with Crippen LogP contribution in [0.4, 0.5) is 5.82 Å². The van der Waals surface area contributed by atoms with Crippen molar-refractivity contribution in [2.75, 3.05) is 18.9 Å². The number of aliphatic carboxylic acids is 1. The van der Waals surface area contributed by atoms with Gasteiger partial charge in [-0.05, 0) is 17.4 Å². The van der Waals surface area contributed by atoms with Crippen LogP contribution in [0.5, 0.6) is 0 Å². The van der Waals surface area contributed by atoms with E-state index in [1.807, 2.05) is 0 Å². The third-order valence-electron chi connectivity index (χ3n) is 6.28. The second-order valence-corrected chi connectivity index (χ2v) is 12.8. The van der Waals surface area contributed by atoms with Crippen LogP contribution >= 0.6 is 18.2 Å². The summed E-state index contributed by atoms with van der Waals surface area (Å²) in [7, 11) is 0. The van der Waals surface area contributed by atoms with Crippen molar-refractivity contribution in [3.63, 3.8) is 0 Å². The van der Waals surface area contributed by atoms with Gasteiger partial charge in [-0.1, -0.05) is 6.92 Å². The highest BCUT2D eigenvalue weighted by Crippen LogP contribution is 2.61. The topological polar surface area (TPSA) is 290 Å². The van der Waals surface area contributed by atoms with Crippen molar-refractivity contribution >= 4 is 30.0 Å². The third-order valence-corrected chi connectivity index (χ3v) is 9.56. The number of aliphatic hydroxyl groups excluding tert-OH is 6. The van der Waals surface area contributed by atoms with Crippen LogP contribution in [0.3, 0.4) is 0 Å². The molecular formula is C19H28N3O14PS-2. The van der Waals surface area contributed by atoms with Crippen molar-refractivity contribution in [2.45, 2.75) is 67.2 Å². The maximum Gasteiger partial charge on any atom is 0.351 e. The molecule has 2 aliphatic rings. The number of carboxylic acids is 1. The summed E-state index contributed by atoms with van der Waals surface area (Å²) in [6.45, 7) is -5.80. The molecule has 4 unspecified atom stereocenters. The molecule has 2 aliphatic heterocycles. The number of carboxylic acid groups (broad SMARTS) is 1. The van der Waals surface area contributed by atoms with Gasteiger partial charge in [0.1, 0.15) is 36.3 Å². The predicted octanol–water partition coefficient (Wildman–Crippen LogP) is -5.39. The van der Waals surface area contributed by atoms with Gasteiger partial charge in [0.15, 0.2) is 18.0 Å². The van der Waals surface area contributed by atoms with E-state index < -0.39 is 97.9 Å². The molecule has 0 aliphatic carbocycles. The van der Waals surface area contributed by atoms with Crippen molar-refractivity contribution in [3.05, 3.63) is 22.7 Å². The molecule has 0 bridgehead atoms. The Balaban J connectivity index is 1.74. The number of rotatable bonds is 10. The lowest BCUT2D eigenvalue weighted by Crippen LogP contribution is -2.61. The normalized spacial score (nSPS) is 36.9. The number of hydrogen-bond acceptors (Lipinski definition) is 17. The van der Waals surface area contributed by atoms with Crippen LogP contribution in [0.25, 0.3) is 0 Å². The summed E-state index contributed by atoms with van der Waals surface area (Å²) in [5.74, 6) is -3.19. The summed E-state index contributed by atoms with van der Waals surface area (Å²) in [4.78, 5) is 37.4. The molecule has 2 saturated heterocycles. The van der Waals surface area contributed by atoms with E-state index in [4.69, 9.17) is 24.8 Å². The molecule has 3 rings (SSSR count). The molecule has 38 heavy (non-hydrogen) atoms. The molecule has 19 heteroatoms. The highest BCUT2D eigenvalue weighted by Gasteiger charge is 2.52. The van der Waals surface area contributed by atoms with Gasteiger partial charge in [0.2, 0.25) is 0 Å². The van der Waals surface area contributed by atoms with Crippen LogP contribution in [0, 0.1) is 5.92 Å². The zero-order valence-electron chi connectivity index (χ0n) is 19.7. The van der Waals surface area contributed by atoms with Crippen molar-refractivity contribution in [1.29, 1.82) is 0 Å². The number of aliphatic hydroxyl groups is 6. The maximum absolute atomic E-state index is 12.7. The van der Waals surface area contributed by atoms with Gasteiger partial charge < -0.3 is 65.2 Å². The molecule has 1 aromatic rings. The summed E-state index contributed by atoms with van der Waals surface area (Å²) in [6, 6.07) is 1.22. The fraction of sp³-hybridized carbons (Fsp3) is 0.737. The van der Waals surface area contributed by atoms with Gasteiger partial charge in [-0.3, -0.25) is 9.13 Å². The molecule has 1 aromatic heterocycles. The molecule has 2 fully saturated rings. The standard InChI is InChI=1S/C19H30N3O14PS/c1-7-8(24)4-19(17(29)30,36-15(7)12(26)9(25)5-23)38-37(32,33)34-6-10-13(27)14(28)16(35-10)22-3-2-11(20)21-18(22)31/h2-3,7-10,12-16,23-28H,4-6H2,1H3,(H,29,30)(H,32,33)(H2,20,21,31)/p-2/t7-,8?,9-,10-,12-,13+,14?,15?,16-,19-/m1/s1. The first kappa shape index (κ1) is 30.9. The minimum atomic E-state index is -5.27. The van der Waals surface area contributed by atoms with Crippen LogP contribution in [-0.2, 0) is 23.4 Å². The number of carbonyl (C=O) groups is 1. The minimum Gasteiger partial charge on any atom is -0.770 e. The largest absolute Gasteiger partial charge is 0.770 e. The number of carbonyl (C=O) groups excluding carboxylic acids is 1. The number of anilines is 1. The Morgan fingerprint density at radius 1 is 1.39 bits per heavy atom. The minimum absolute atomic E-state index is 0.115. The van der Waals surface area contributed by atoms with E-state index in [1.54, 1.807) is 0 Å². The molecule has 0 aromatic carbocycles. The monoisotopic (exact) mass is 585 g/mol. The van der Waals surface area contributed by atoms with Crippen LogP contribution in [0.2, 0.25) is 0 Å². The number of nitrogens with two attached hydrogens (primary N) is 1. The first-order valence-electron chi connectivity index (χ1n) is 11.2. The van der Waals surface area contributed by atoms with E-state index in [0.29, 0.717) is 0 Å². The Hall–Kier alpha value is -1.67. The van der Waals surface area contributed by atoms with Crippen molar-refractivity contribution < 1.29 is 64.0 Å². The predicted molar refractivity (Wildman–Crippen MR) is 121 cm³/mol. The lowest BCUT2D eigenvalue weighted by molar-refractivity contribution is -0.330. The molecule has 11 atom stereocenters. The average molecular weight is 585 g/mol. The SMILES string of the molecule is C[C@@H]1C(O)C[C@@](SP(=O)([O-])OC[C@H]2O[C@@H](n3ccc(N)nc3=O)C(O)[C@H]2O)(C(=O)[O-])OC1[C@H](O)[C@H](O)CO. The molecule has 0 spiro atoms. The van der Waals surface area contributed by atoms with Gasteiger partial charge in [-0.2, -0.15) is 4.98 Å². The summed E-state index contributed by atoms with van der Waals surface area (Å²) in [5, 5.41) is 72.0. The van der Waals surface area contributed by atoms with E-state index in [2.05, 4.69) is 4.98 Å². The van der Waals surface area contributed by atoms with Gasteiger partial charge in [0.05, 0.1) is 31.4 Å². The number of nitrogens with zero attached hydrogens (tertiary/aromatic N) is 2. The fourth-order valence-corrected chi connectivity index (χ4v) is 7.30. The molecule has 0 radical (unpaired) electrons. The molecule has 3 heterocycles.